The third kappa shape index (κ3) is 17.8. The molecule has 0 spiro atoms. The van der Waals surface area contributed by atoms with Crippen LogP contribution >= 0.6 is 0 Å². The molecule has 0 aromatic heterocycles. The first-order valence-corrected chi connectivity index (χ1v) is 16.8. The number of ether oxygens (including phenoxy) is 4. The quantitative estimate of drug-likeness (QED) is 0.177. The molecular formula is C20H42O7Si2. The molecule has 7 nitrogen and oxygen atoms in total. The molecule has 0 aliphatic carbocycles. The number of carbonyl (C=O) groups is 2. The second kappa shape index (κ2) is 16.0. The summed E-state index contributed by atoms with van der Waals surface area (Å²) in [6.07, 6.45) is 6.96. The van der Waals surface area contributed by atoms with Crippen LogP contribution < -0.4 is 0 Å². The van der Waals surface area contributed by atoms with E-state index in [1.165, 1.54) is 0 Å². The van der Waals surface area contributed by atoms with Crippen LogP contribution in [0.1, 0.15) is 51.4 Å². The minimum atomic E-state index is -2.18. The first kappa shape index (κ1) is 28.3. The van der Waals surface area contributed by atoms with Gasteiger partial charge in [-0.2, -0.15) is 0 Å². The second-order valence-corrected chi connectivity index (χ2v) is 17.0. The molecule has 0 bridgehead atoms. The van der Waals surface area contributed by atoms with Crippen molar-refractivity contribution in [2.24, 2.45) is 0 Å². The smallest absolute Gasteiger partial charge is 0.305 e. The number of methoxy groups -OCH3 is 2. The lowest BCUT2D eigenvalue weighted by atomic mass is 10.2. The van der Waals surface area contributed by atoms with Gasteiger partial charge < -0.3 is 23.1 Å². The highest BCUT2D eigenvalue weighted by Gasteiger charge is 2.35. The van der Waals surface area contributed by atoms with Crippen molar-refractivity contribution in [2.75, 3.05) is 39.9 Å². The van der Waals surface area contributed by atoms with Crippen LogP contribution in [-0.2, 0) is 32.7 Å². The third-order valence-corrected chi connectivity index (χ3v) is 10.3. The zero-order valence-electron chi connectivity index (χ0n) is 19.3. The van der Waals surface area contributed by atoms with Crippen LogP contribution in [0.2, 0.25) is 26.2 Å². The lowest BCUT2D eigenvalue weighted by Gasteiger charge is -2.33. The lowest BCUT2D eigenvalue weighted by molar-refractivity contribution is -0.142. The summed E-state index contributed by atoms with van der Waals surface area (Å²) < 4.78 is 27.2. The summed E-state index contributed by atoms with van der Waals surface area (Å²) in [6, 6.07) is 0. The van der Waals surface area contributed by atoms with E-state index in [1.807, 2.05) is 26.2 Å². The molecule has 0 fully saturated rings. The maximum Gasteiger partial charge on any atom is 0.305 e. The van der Waals surface area contributed by atoms with Crippen molar-refractivity contribution < 1.29 is 32.7 Å². The SMILES string of the molecule is COCCCCCC(=O)OC[Si](C)(C)O[Si](C)(C)COC(=O)CCCCCOC. The van der Waals surface area contributed by atoms with Crippen LogP contribution in [0.15, 0.2) is 0 Å². The summed E-state index contributed by atoms with van der Waals surface area (Å²) in [5, 5.41) is 0. The van der Waals surface area contributed by atoms with E-state index < -0.39 is 16.6 Å². The Morgan fingerprint density at radius 1 is 0.621 bits per heavy atom. The Balaban J connectivity index is 4.07. The van der Waals surface area contributed by atoms with Gasteiger partial charge in [-0.15, -0.1) is 0 Å². The zero-order chi connectivity index (χ0) is 22.2. The van der Waals surface area contributed by atoms with Crippen molar-refractivity contribution in [2.45, 2.75) is 77.6 Å². The Morgan fingerprint density at radius 2 is 1.00 bits per heavy atom. The summed E-state index contributed by atoms with van der Waals surface area (Å²) in [5.41, 5.74) is 0. The number of hydrogen-bond acceptors (Lipinski definition) is 7. The maximum atomic E-state index is 11.9. The van der Waals surface area contributed by atoms with Gasteiger partial charge >= 0.3 is 11.9 Å². The summed E-state index contributed by atoms with van der Waals surface area (Å²) >= 11 is 0. The molecule has 0 heterocycles. The van der Waals surface area contributed by atoms with Crippen LogP contribution in [0.25, 0.3) is 0 Å². The Morgan fingerprint density at radius 3 is 1.34 bits per heavy atom. The van der Waals surface area contributed by atoms with Gasteiger partial charge in [0.25, 0.3) is 0 Å². The molecule has 0 radical (unpaired) electrons. The molecule has 0 aliphatic rings. The van der Waals surface area contributed by atoms with E-state index in [1.54, 1.807) is 14.2 Å². The molecule has 0 rings (SSSR count). The van der Waals surface area contributed by atoms with Gasteiger partial charge in [-0.05, 0) is 51.9 Å². The van der Waals surface area contributed by atoms with Crippen molar-refractivity contribution in [1.82, 2.24) is 0 Å². The first-order valence-electron chi connectivity index (χ1n) is 10.6. The highest BCUT2D eigenvalue weighted by Crippen LogP contribution is 2.16. The molecule has 172 valence electrons. The second-order valence-electron chi connectivity index (χ2n) is 8.55. The van der Waals surface area contributed by atoms with Crippen LogP contribution in [-0.4, -0.2) is 68.5 Å². The molecule has 0 aliphatic heterocycles. The van der Waals surface area contributed by atoms with Crippen LogP contribution in [0.5, 0.6) is 0 Å². The van der Waals surface area contributed by atoms with E-state index in [0.29, 0.717) is 25.3 Å². The average Bonchev–Trinajstić information content (AvgIpc) is 2.64. The van der Waals surface area contributed by atoms with Crippen molar-refractivity contribution in [3.63, 3.8) is 0 Å². The zero-order valence-corrected chi connectivity index (χ0v) is 21.3. The molecule has 29 heavy (non-hydrogen) atoms. The van der Waals surface area contributed by atoms with Gasteiger partial charge in [0.2, 0.25) is 16.6 Å². The predicted octanol–water partition coefficient (Wildman–Crippen LogP) is 3.99. The Labute approximate surface area is 179 Å². The van der Waals surface area contributed by atoms with Crippen molar-refractivity contribution >= 4 is 28.6 Å². The summed E-state index contributed by atoms with van der Waals surface area (Å²) in [6.45, 7) is 9.58. The van der Waals surface area contributed by atoms with E-state index in [-0.39, 0.29) is 11.9 Å². The standard InChI is InChI=1S/C20H42O7Si2/c1-23-15-11-7-9-13-19(21)25-17-28(3,4)27-29(5,6)18-26-20(22)14-10-8-12-16-24-2/h7-18H2,1-6H3. The molecule has 0 N–H and O–H groups in total. The summed E-state index contributed by atoms with van der Waals surface area (Å²) in [5.74, 6) is -0.350. The number of unbranched alkanes of at least 4 members (excludes halogenated alkanes) is 4. The van der Waals surface area contributed by atoms with Crippen molar-refractivity contribution in [3.05, 3.63) is 0 Å². The molecule has 0 saturated carbocycles. The van der Waals surface area contributed by atoms with E-state index in [4.69, 9.17) is 23.1 Å². The third-order valence-electron chi connectivity index (χ3n) is 4.17. The molecule has 0 aromatic carbocycles. The van der Waals surface area contributed by atoms with Gasteiger partial charge in [-0.25, -0.2) is 0 Å². The minimum Gasteiger partial charge on any atom is -0.466 e. The van der Waals surface area contributed by atoms with Gasteiger partial charge in [0.1, 0.15) is 12.5 Å². The number of rotatable bonds is 18. The molecule has 9 heteroatoms. The van der Waals surface area contributed by atoms with E-state index in [2.05, 4.69) is 0 Å². The van der Waals surface area contributed by atoms with E-state index in [0.717, 1.165) is 51.7 Å². The normalized spacial score (nSPS) is 12.1. The fourth-order valence-electron chi connectivity index (χ4n) is 2.84. The van der Waals surface area contributed by atoms with Crippen LogP contribution in [0.4, 0.5) is 0 Å². The minimum absolute atomic E-state index is 0.175. The molecule has 0 saturated heterocycles. The van der Waals surface area contributed by atoms with Crippen LogP contribution in [0, 0.1) is 0 Å². The molecule has 0 atom stereocenters. The van der Waals surface area contributed by atoms with E-state index in [9.17, 15) is 9.59 Å². The van der Waals surface area contributed by atoms with Gasteiger partial charge in [0.15, 0.2) is 0 Å². The monoisotopic (exact) mass is 450 g/mol. The summed E-state index contributed by atoms with van der Waals surface area (Å²) in [4.78, 5) is 23.8. The van der Waals surface area contributed by atoms with Gasteiger partial charge in [0, 0.05) is 40.3 Å². The maximum absolute atomic E-state index is 11.9. The Hall–Kier alpha value is -0.746. The largest absolute Gasteiger partial charge is 0.466 e. The number of esters is 2. The predicted molar refractivity (Wildman–Crippen MR) is 119 cm³/mol. The first-order chi connectivity index (χ1) is 13.6. The van der Waals surface area contributed by atoms with Crippen LogP contribution in [0.3, 0.4) is 0 Å². The number of carbonyl (C=O) groups excluding carboxylic acids is 2. The molecular weight excluding hydrogens is 408 g/mol. The Bertz CT molecular complexity index is 416. The molecule has 0 aromatic rings. The highest BCUT2D eigenvalue weighted by molar-refractivity contribution is 6.84. The van der Waals surface area contributed by atoms with Gasteiger partial charge in [0.05, 0.1) is 0 Å². The van der Waals surface area contributed by atoms with E-state index >= 15 is 0 Å². The molecule has 0 unspecified atom stereocenters. The molecule has 0 amide bonds. The van der Waals surface area contributed by atoms with Crippen molar-refractivity contribution in [1.29, 1.82) is 0 Å². The van der Waals surface area contributed by atoms with Crippen molar-refractivity contribution in [3.8, 4) is 0 Å². The summed E-state index contributed by atoms with van der Waals surface area (Å²) in [7, 11) is -1.01. The highest BCUT2D eigenvalue weighted by atomic mass is 28.4. The number of hydrogen-bond donors (Lipinski definition) is 0. The average molecular weight is 451 g/mol. The Kier molecular flexibility index (Phi) is 15.6. The lowest BCUT2D eigenvalue weighted by Crippen LogP contribution is -2.51. The fourth-order valence-corrected chi connectivity index (χ4v) is 10.3. The fraction of sp³-hybridized carbons (Fsp3) is 0.900. The topological polar surface area (TPSA) is 80.3 Å². The van der Waals surface area contributed by atoms with Gasteiger partial charge in [-0.1, -0.05) is 12.8 Å². The van der Waals surface area contributed by atoms with Gasteiger partial charge in [-0.3, -0.25) is 9.59 Å².